The van der Waals surface area contributed by atoms with Crippen molar-refractivity contribution in [3.63, 3.8) is 0 Å². The predicted molar refractivity (Wildman–Crippen MR) is 169 cm³/mol. The number of rotatable bonds is 11. The van der Waals surface area contributed by atoms with Gasteiger partial charge in [0.2, 0.25) is 0 Å². The van der Waals surface area contributed by atoms with Crippen LogP contribution in [0.25, 0.3) is 6.08 Å². The molecule has 0 unspecified atom stereocenters. The second kappa shape index (κ2) is 13.5. The minimum Gasteiger partial charge on any atom is -0.497 e. The number of Topliss-reactive ketones (excluding diaryl/α,β-unsaturated/α-hetero) is 1. The summed E-state index contributed by atoms with van der Waals surface area (Å²) >= 11 is 0. The van der Waals surface area contributed by atoms with Crippen molar-refractivity contribution < 1.29 is 42.7 Å². The summed E-state index contributed by atoms with van der Waals surface area (Å²) in [5, 5.41) is 0. The van der Waals surface area contributed by atoms with Crippen LogP contribution in [-0.4, -0.2) is 54.2 Å². The van der Waals surface area contributed by atoms with Crippen LogP contribution in [0.15, 0.2) is 78.9 Å². The first-order valence-electron chi connectivity index (χ1n) is 14.1. The summed E-state index contributed by atoms with van der Waals surface area (Å²) in [6, 6.07) is 21.2. The third-order valence-corrected chi connectivity index (χ3v) is 7.73. The Morgan fingerprint density at radius 2 is 1.29 bits per heavy atom. The summed E-state index contributed by atoms with van der Waals surface area (Å²) < 4.78 is 39.9. The molecule has 2 atom stereocenters. The SMILES string of the molecule is COc1ccc(/C=C/C(=O)c2c(OC)cc(OC)c([C@H]3C(=O)c4ccc(OC)cc4O[C@H]3c3ccc(OC)cc3)c2OC)cc1. The Morgan fingerprint density at radius 1 is 0.689 bits per heavy atom. The molecule has 1 aliphatic heterocycles. The van der Waals surface area contributed by atoms with Crippen molar-refractivity contribution in [1.29, 1.82) is 0 Å². The zero-order valence-electron chi connectivity index (χ0n) is 25.9. The molecule has 1 aliphatic rings. The molecule has 4 aromatic carbocycles. The number of hydrogen-bond acceptors (Lipinski definition) is 9. The first kappa shape index (κ1) is 31.0. The summed E-state index contributed by atoms with van der Waals surface area (Å²) in [7, 11) is 9.09. The fourth-order valence-electron chi connectivity index (χ4n) is 5.44. The number of methoxy groups -OCH3 is 6. The summed E-state index contributed by atoms with van der Waals surface area (Å²) in [4.78, 5) is 28.3. The van der Waals surface area contributed by atoms with Gasteiger partial charge < -0.3 is 33.2 Å². The van der Waals surface area contributed by atoms with E-state index in [1.807, 2.05) is 24.3 Å². The highest BCUT2D eigenvalue weighted by Gasteiger charge is 2.44. The van der Waals surface area contributed by atoms with Gasteiger partial charge in [0.25, 0.3) is 0 Å². The van der Waals surface area contributed by atoms with E-state index in [9.17, 15) is 9.59 Å². The van der Waals surface area contributed by atoms with E-state index in [4.69, 9.17) is 33.2 Å². The normalized spacial score (nSPS) is 15.6. The maximum Gasteiger partial charge on any atom is 0.193 e. The van der Waals surface area contributed by atoms with Crippen LogP contribution >= 0.6 is 0 Å². The molecular formula is C36H34O9. The van der Waals surface area contributed by atoms with Gasteiger partial charge in [0.1, 0.15) is 51.9 Å². The molecule has 0 N–H and O–H groups in total. The van der Waals surface area contributed by atoms with Crippen molar-refractivity contribution in [2.24, 2.45) is 0 Å². The number of hydrogen-bond donors (Lipinski definition) is 0. The third kappa shape index (κ3) is 6.02. The van der Waals surface area contributed by atoms with Crippen molar-refractivity contribution in [3.05, 3.63) is 107 Å². The molecule has 0 saturated heterocycles. The highest BCUT2D eigenvalue weighted by molar-refractivity contribution is 6.12. The van der Waals surface area contributed by atoms with E-state index in [2.05, 4.69) is 0 Å². The second-order valence-corrected chi connectivity index (χ2v) is 10.1. The lowest BCUT2D eigenvalue weighted by Crippen LogP contribution is -2.31. The number of fused-ring (bicyclic) bond motifs is 1. The lowest BCUT2D eigenvalue weighted by atomic mass is 9.79. The molecule has 1 heterocycles. The number of ether oxygens (including phenoxy) is 7. The van der Waals surface area contributed by atoms with Crippen molar-refractivity contribution in [2.45, 2.75) is 12.0 Å². The zero-order valence-corrected chi connectivity index (χ0v) is 25.9. The topological polar surface area (TPSA) is 98.8 Å². The van der Waals surface area contributed by atoms with Gasteiger partial charge in [-0.15, -0.1) is 0 Å². The second-order valence-electron chi connectivity index (χ2n) is 10.1. The lowest BCUT2D eigenvalue weighted by Gasteiger charge is -2.35. The number of benzene rings is 4. The summed E-state index contributed by atoms with van der Waals surface area (Å²) in [6.07, 6.45) is 2.29. The van der Waals surface area contributed by atoms with E-state index in [0.29, 0.717) is 45.4 Å². The van der Waals surface area contributed by atoms with E-state index in [-0.39, 0.29) is 22.8 Å². The van der Waals surface area contributed by atoms with Gasteiger partial charge >= 0.3 is 0 Å². The number of ketones is 2. The van der Waals surface area contributed by atoms with Crippen LogP contribution in [0.4, 0.5) is 0 Å². The maximum atomic E-state index is 14.5. The molecule has 0 saturated carbocycles. The van der Waals surface area contributed by atoms with Gasteiger partial charge in [0, 0.05) is 12.1 Å². The Kier molecular flexibility index (Phi) is 9.28. The van der Waals surface area contributed by atoms with E-state index >= 15 is 0 Å². The molecular weight excluding hydrogens is 576 g/mol. The molecule has 5 rings (SSSR count). The Morgan fingerprint density at radius 3 is 1.87 bits per heavy atom. The minimum absolute atomic E-state index is 0.141. The molecule has 9 heteroatoms. The monoisotopic (exact) mass is 610 g/mol. The summed E-state index contributed by atoms with van der Waals surface area (Å²) in [5.74, 6) is 1.35. The van der Waals surface area contributed by atoms with Crippen LogP contribution in [-0.2, 0) is 0 Å². The van der Waals surface area contributed by atoms with Gasteiger partial charge in [-0.05, 0) is 53.6 Å². The number of carbonyl (C=O) groups excluding carboxylic acids is 2. The van der Waals surface area contributed by atoms with Gasteiger partial charge in [0.15, 0.2) is 11.6 Å². The van der Waals surface area contributed by atoms with Crippen LogP contribution in [0, 0.1) is 0 Å². The molecule has 0 aromatic heterocycles. The maximum absolute atomic E-state index is 14.5. The van der Waals surface area contributed by atoms with Crippen molar-refractivity contribution in [2.75, 3.05) is 42.7 Å². The Balaban J connectivity index is 1.69. The molecule has 4 aromatic rings. The Labute approximate surface area is 261 Å². The van der Waals surface area contributed by atoms with Crippen LogP contribution in [0.3, 0.4) is 0 Å². The molecule has 0 fully saturated rings. The smallest absolute Gasteiger partial charge is 0.193 e. The van der Waals surface area contributed by atoms with E-state index < -0.39 is 17.8 Å². The molecule has 45 heavy (non-hydrogen) atoms. The molecule has 232 valence electrons. The molecule has 0 radical (unpaired) electrons. The van der Waals surface area contributed by atoms with E-state index in [0.717, 1.165) is 5.56 Å². The van der Waals surface area contributed by atoms with Gasteiger partial charge in [-0.3, -0.25) is 9.59 Å². The van der Waals surface area contributed by atoms with Crippen LogP contribution in [0.1, 0.15) is 49.4 Å². The molecule has 0 bridgehead atoms. The van der Waals surface area contributed by atoms with Crippen molar-refractivity contribution in [3.8, 4) is 40.2 Å². The standard InChI is InChI=1S/C36H34O9/c1-39-23-12-7-21(8-13-23)9-18-27(37)31-29(42-4)20-30(43-5)32(36(31)44-6)33-34(38)26-17-16-25(41-3)19-28(26)45-35(33)22-10-14-24(40-2)15-11-22/h7-20,33,35H,1-6H3/b18-9+/t33-,35-/m0/s1. The highest BCUT2D eigenvalue weighted by Crippen LogP contribution is 2.52. The van der Waals surface area contributed by atoms with Crippen molar-refractivity contribution >= 4 is 17.6 Å². The summed E-state index contributed by atoms with van der Waals surface area (Å²) in [6.45, 7) is 0. The van der Waals surface area contributed by atoms with Crippen LogP contribution in [0.5, 0.6) is 40.2 Å². The average molecular weight is 611 g/mol. The fraction of sp³-hybridized carbons (Fsp3) is 0.222. The number of carbonyl (C=O) groups is 2. The van der Waals surface area contributed by atoms with Gasteiger partial charge in [-0.25, -0.2) is 0 Å². The lowest BCUT2D eigenvalue weighted by molar-refractivity contribution is 0.0772. The number of allylic oxidation sites excluding steroid dienone is 1. The molecule has 0 amide bonds. The fourth-order valence-corrected chi connectivity index (χ4v) is 5.44. The van der Waals surface area contributed by atoms with E-state index in [1.165, 1.54) is 27.4 Å². The average Bonchev–Trinajstić information content (AvgIpc) is 3.09. The molecule has 0 spiro atoms. The zero-order chi connectivity index (χ0) is 32.1. The van der Waals surface area contributed by atoms with E-state index in [1.54, 1.807) is 75.9 Å². The highest BCUT2D eigenvalue weighted by atomic mass is 16.5. The summed E-state index contributed by atoms with van der Waals surface area (Å²) in [5.41, 5.74) is 2.35. The Hall–Kier alpha value is -5.44. The first-order chi connectivity index (χ1) is 21.9. The molecule has 9 nitrogen and oxygen atoms in total. The van der Waals surface area contributed by atoms with Crippen LogP contribution < -0.4 is 33.2 Å². The van der Waals surface area contributed by atoms with Gasteiger partial charge in [0.05, 0.1) is 59.7 Å². The molecule has 0 aliphatic carbocycles. The van der Waals surface area contributed by atoms with Crippen LogP contribution in [0.2, 0.25) is 0 Å². The minimum atomic E-state index is -0.966. The van der Waals surface area contributed by atoms with Gasteiger partial charge in [-0.1, -0.05) is 30.3 Å². The quantitative estimate of drug-likeness (QED) is 0.135. The predicted octanol–water partition coefficient (Wildman–Crippen LogP) is 6.73. The first-order valence-corrected chi connectivity index (χ1v) is 14.1. The van der Waals surface area contributed by atoms with Crippen molar-refractivity contribution in [1.82, 2.24) is 0 Å². The van der Waals surface area contributed by atoms with Gasteiger partial charge in [-0.2, -0.15) is 0 Å². The Bertz CT molecular complexity index is 1720. The third-order valence-electron chi connectivity index (χ3n) is 7.73. The largest absolute Gasteiger partial charge is 0.497 e.